The lowest BCUT2D eigenvalue weighted by Gasteiger charge is -2.35. The van der Waals surface area contributed by atoms with Gasteiger partial charge >= 0.3 is 0 Å². The van der Waals surface area contributed by atoms with Crippen molar-refractivity contribution in [3.05, 3.63) is 54.2 Å². The Bertz CT molecular complexity index is 802. The normalized spacial score (nSPS) is 15.7. The molecule has 0 aliphatic carbocycles. The molecule has 3 rings (SSSR count). The van der Waals surface area contributed by atoms with Gasteiger partial charge in [-0.05, 0) is 36.2 Å². The van der Waals surface area contributed by atoms with Crippen LogP contribution in [0.4, 0.5) is 11.5 Å². The summed E-state index contributed by atoms with van der Waals surface area (Å²) < 4.78 is 26.6. The number of benzene rings is 1. The van der Waals surface area contributed by atoms with E-state index in [9.17, 15) is 8.42 Å². The van der Waals surface area contributed by atoms with Gasteiger partial charge in [0.2, 0.25) is 10.0 Å². The summed E-state index contributed by atoms with van der Waals surface area (Å²) in [5.41, 5.74) is 1.83. The lowest BCUT2D eigenvalue weighted by Crippen LogP contribution is -2.46. The van der Waals surface area contributed by atoms with E-state index in [4.69, 9.17) is 0 Å². The van der Waals surface area contributed by atoms with Crippen molar-refractivity contribution in [2.24, 2.45) is 0 Å². The molecule has 0 unspecified atom stereocenters. The molecular weight excluding hydrogens is 360 g/mol. The number of sulfonamides is 1. The highest BCUT2D eigenvalue weighted by Gasteiger charge is 2.18. The minimum atomic E-state index is -3.24. The van der Waals surface area contributed by atoms with E-state index in [2.05, 4.69) is 25.6 Å². The molecule has 146 valence electrons. The van der Waals surface area contributed by atoms with E-state index >= 15 is 0 Å². The van der Waals surface area contributed by atoms with E-state index in [1.54, 1.807) is 0 Å². The second-order valence-electron chi connectivity index (χ2n) is 6.92. The third kappa shape index (κ3) is 5.94. The lowest BCUT2D eigenvalue weighted by atomic mass is 10.2. The Hall–Kier alpha value is -2.12. The number of anilines is 2. The molecule has 7 heteroatoms. The van der Waals surface area contributed by atoms with E-state index in [1.807, 2.05) is 49.5 Å². The van der Waals surface area contributed by atoms with Crippen LogP contribution in [0.25, 0.3) is 0 Å². The molecule has 1 aliphatic rings. The number of nitrogens with zero attached hydrogens (tertiary/aromatic N) is 3. The van der Waals surface area contributed by atoms with Gasteiger partial charge < -0.3 is 4.90 Å². The average Bonchev–Trinajstić information content (AvgIpc) is 2.69. The van der Waals surface area contributed by atoms with Gasteiger partial charge in [0.1, 0.15) is 5.82 Å². The maximum Gasteiger partial charge on any atom is 0.232 e. The molecule has 0 amide bonds. The number of hydrogen-bond acceptors (Lipinski definition) is 5. The van der Waals surface area contributed by atoms with Gasteiger partial charge in [0, 0.05) is 44.6 Å². The molecular formula is C20H28N4O2S. The maximum absolute atomic E-state index is 12.0. The Labute approximate surface area is 162 Å². The molecule has 6 nitrogen and oxygen atoms in total. The third-order valence-electron chi connectivity index (χ3n) is 4.75. The Balaban J connectivity index is 1.49. The SMILES string of the molecule is CCCCS(=O)(=O)Nc1ccc(CN2CCN(c3ccccn3)CC2)cc1. The van der Waals surface area contributed by atoms with E-state index in [-0.39, 0.29) is 5.75 Å². The summed E-state index contributed by atoms with van der Waals surface area (Å²) in [4.78, 5) is 9.15. The number of nitrogens with one attached hydrogen (secondary N) is 1. The first-order valence-corrected chi connectivity index (χ1v) is 11.2. The topological polar surface area (TPSA) is 65.5 Å². The molecule has 1 aromatic heterocycles. The van der Waals surface area contributed by atoms with Crippen LogP contribution in [0.1, 0.15) is 25.3 Å². The summed E-state index contributed by atoms with van der Waals surface area (Å²) in [6.07, 6.45) is 3.38. The molecule has 0 spiro atoms. The monoisotopic (exact) mass is 388 g/mol. The van der Waals surface area contributed by atoms with Crippen molar-refractivity contribution in [1.29, 1.82) is 0 Å². The second kappa shape index (κ2) is 9.19. The van der Waals surface area contributed by atoms with Crippen molar-refractivity contribution in [3.8, 4) is 0 Å². The van der Waals surface area contributed by atoms with Gasteiger partial charge in [0.25, 0.3) is 0 Å². The fourth-order valence-corrected chi connectivity index (χ4v) is 4.44. The highest BCUT2D eigenvalue weighted by Crippen LogP contribution is 2.16. The Morgan fingerprint density at radius 3 is 2.41 bits per heavy atom. The first-order valence-electron chi connectivity index (χ1n) is 9.53. The smallest absolute Gasteiger partial charge is 0.232 e. The van der Waals surface area contributed by atoms with Crippen LogP contribution < -0.4 is 9.62 Å². The first kappa shape index (κ1) is 19.6. The Kier molecular flexibility index (Phi) is 6.68. The summed E-state index contributed by atoms with van der Waals surface area (Å²) in [7, 11) is -3.24. The average molecular weight is 389 g/mol. The molecule has 2 aromatic rings. The zero-order valence-corrected chi connectivity index (χ0v) is 16.7. The van der Waals surface area contributed by atoms with Crippen molar-refractivity contribution in [3.63, 3.8) is 0 Å². The predicted molar refractivity (Wildman–Crippen MR) is 110 cm³/mol. The van der Waals surface area contributed by atoms with Crippen LogP contribution in [0, 0.1) is 0 Å². The lowest BCUT2D eigenvalue weighted by molar-refractivity contribution is 0.249. The number of rotatable bonds is 8. The van der Waals surface area contributed by atoms with Crippen LogP contribution in [-0.4, -0.2) is 50.2 Å². The van der Waals surface area contributed by atoms with Gasteiger partial charge in [-0.1, -0.05) is 31.5 Å². The fourth-order valence-electron chi connectivity index (χ4n) is 3.18. The standard InChI is InChI=1S/C20H28N4O2S/c1-2-3-16-27(25,26)22-19-9-7-18(8-10-19)17-23-12-14-24(15-13-23)20-6-4-5-11-21-20/h4-11,22H,2-3,12-17H2,1H3. The van der Waals surface area contributed by atoms with E-state index < -0.39 is 10.0 Å². The number of piperazine rings is 1. The molecule has 0 bridgehead atoms. The molecule has 1 aromatic carbocycles. The van der Waals surface area contributed by atoms with Gasteiger partial charge in [0.05, 0.1) is 5.75 Å². The van der Waals surface area contributed by atoms with Gasteiger partial charge in [-0.25, -0.2) is 13.4 Å². The molecule has 1 saturated heterocycles. The van der Waals surface area contributed by atoms with Crippen LogP contribution in [0.5, 0.6) is 0 Å². The maximum atomic E-state index is 12.0. The van der Waals surface area contributed by atoms with E-state index in [1.165, 1.54) is 5.56 Å². The summed E-state index contributed by atoms with van der Waals surface area (Å²) in [6.45, 7) is 6.77. The minimum absolute atomic E-state index is 0.172. The van der Waals surface area contributed by atoms with E-state index in [0.717, 1.165) is 45.0 Å². The fraction of sp³-hybridized carbons (Fsp3) is 0.450. The van der Waals surface area contributed by atoms with Crippen LogP contribution in [0.3, 0.4) is 0 Å². The van der Waals surface area contributed by atoms with Crippen molar-refractivity contribution in [2.75, 3.05) is 41.6 Å². The van der Waals surface area contributed by atoms with Crippen LogP contribution in [-0.2, 0) is 16.6 Å². The molecule has 0 saturated carbocycles. The zero-order chi connectivity index (χ0) is 19.1. The second-order valence-corrected chi connectivity index (χ2v) is 8.76. The van der Waals surface area contributed by atoms with Gasteiger partial charge in [-0.15, -0.1) is 0 Å². The van der Waals surface area contributed by atoms with Crippen molar-refractivity contribution < 1.29 is 8.42 Å². The largest absolute Gasteiger partial charge is 0.354 e. The highest BCUT2D eigenvalue weighted by molar-refractivity contribution is 7.92. The molecule has 2 heterocycles. The quantitative estimate of drug-likeness (QED) is 0.753. The Morgan fingerprint density at radius 2 is 1.78 bits per heavy atom. The number of hydrogen-bond donors (Lipinski definition) is 1. The molecule has 0 radical (unpaired) electrons. The summed E-state index contributed by atoms with van der Waals surface area (Å²) >= 11 is 0. The molecule has 1 aliphatic heterocycles. The molecule has 27 heavy (non-hydrogen) atoms. The molecule has 1 N–H and O–H groups in total. The van der Waals surface area contributed by atoms with Crippen molar-refractivity contribution in [2.45, 2.75) is 26.3 Å². The number of aromatic nitrogens is 1. The summed E-state index contributed by atoms with van der Waals surface area (Å²) in [6, 6.07) is 13.7. The zero-order valence-electron chi connectivity index (χ0n) is 15.8. The van der Waals surface area contributed by atoms with Gasteiger partial charge in [-0.3, -0.25) is 9.62 Å². The van der Waals surface area contributed by atoms with E-state index in [0.29, 0.717) is 12.1 Å². The number of pyridine rings is 1. The summed E-state index contributed by atoms with van der Waals surface area (Å²) in [5.74, 6) is 1.21. The van der Waals surface area contributed by atoms with Crippen molar-refractivity contribution >= 4 is 21.5 Å². The molecule has 1 fully saturated rings. The van der Waals surface area contributed by atoms with Crippen LogP contribution in [0.2, 0.25) is 0 Å². The first-order chi connectivity index (χ1) is 13.1. The van der Waals surface area contributed by atoms with Crippen molar-refractivity contribution in [1.82, 2.24) is 9.88 Å². The van der Waals surface area contributed by atoms with Crippen LogP contribution in [0.15, 0.2) is 48.7 Å². The van der Waals surface area contributed by atoms with Gasteiger partial charge in [-0.2, -0.15) is 0 Å². The minimum Gasteiger partial charge on any atom is -0.354 e. The highest BCUT2D eigenvalue weighted by atomic mass is 32.2. The van der Waals surface area contributed by atoms with Gasteiger partial charge in [0.15, 0.2) is 0 Å². The third-order valence-corrected chi connectivity index (χ3v) is 6.12. The Morgan fingerprint density at radius 1 is 1.04 bits per heavy atom. The number of unbranched alkanes of at least 4 members (excludes halogenated alkanes) is 1. The predicted octanol–water partition coefficient (Wildman–Crippen LogP) is 2.95. The summed E-state index contributed by atoms with van der Waals surface area (Å²) in [5, 5.41) is 0. The molecule has 0 atom stereocenters. The van der Waals surface area contributed by atoms with Crippen LogP contribution >= 0.6 is 0 Å².